The first kappa shape index (κ1) is 20.4. The molecule has 0 aliphatic heterocycles. The van der Waals surface area contributed by atoms with Gasteiger partial charge in [-0.1, -0.05) is 36.4 Å². The van der Waals surface area contributed by atoms with Crippen molar-refractivity contribution >= 4 is 17.9 Å². The van der Waals surface area contributed by atoms with Crippen molar-refractivity contribution in [3.05, 3.63) is 60.2 Å². The average molecular weight is 294 g/mol. The van der Waals surface area contributed by atoms with E-state index in [-0.39, 0.29) is 0 Å². The number of carboxylic acid groups (broad SMARTS) is 3. The van der Waals surface area contributed by atoms with E-state index in [0.717, 1.165) is 13.0 Å². The quantitative estimate of drug-likeness (QED) is 0.583. The average Bonchev–Trinajstić information content (AvgIpc) is 2.40. The summed E-state index contributed by atoms with van der Waals surface area (Å²) in [5, 5.41) is 23.8. The largest absolute Gasteiger partial charge is 0.481 e. The van der Waals surface area contributed by atoms with Crippen LogP contribution in [0.1, 0.15) is 24.2 Å². The molecule has 1 aromatic rings. The predicted octanol–water partition coefficient (Wildman–Crippen LogP) is 2.68. The van der Waals surface area contributed by atoms with Gasteiger partial charge < -0.3 is 15.3 Å². The number of hydrogen-bond donors (Lipinski definition) is 3. The van der Waals surface area contributed by atoms with Gasteiger partial charge in [0.1, 0.15) is 0 Å². The van der Waals surface area contributed by atoms with E-state index >= 15 is 0 Å². The second-order valence-corrected chi connectivity index (χ2v) is 3.41. The lowest BCUT2D eigenvalue weighted by atomic mass is 10.2. The van der Waals surface area contributed by atoms with Gasteiger partial charge in [-0.25, -0.2) is 9.59 Å². The van der Waals surface area contributed by atoms with Crippen molar-refractivity contribution in [3.8, 4) is 0 Å². The molecule has 0 amide bonds. The number of aliphatic carboxylic acids is 2. The Morgan fingerprint density at radius 3 is 1.71 bits per heavy atom. The molecule has 21 heavy (non-hydrogen) atoms. The summed E-state index contributed by atoms with van der Waals surface area (Å²) >= 11 is 0. The van der Waals surface area contributed by atoms with Crippen molar-refractivity contribution in [3.63, 3.8) is 0 Å². The van der Waals surface area contributed by atoms with Crippen LogP contribution in [0.25, 0.3) is 0 Å². The second-order valence-electron chi connectivity index (χ2n) is 3.41. The Bertz CT molecular complexity index is 484. The van der Waals surface area contributed by atoms with Crippen LogP contribution in [-0.4, -0.2) is 33.2 Å². The molecule has 0 heterocycles. The van der Waals surface area contributed by atoms with Crippen LogP contribution in [0.2, 0.25) is 0 Å². The number of allylic oxidation sites excluding steroid dienone is 3. The van der Waals surface area contributed by atoms with E-state index in [2.05, 4.69) is 0 Å². The molecule has 0 unspecified atom stereocenters. The van der Waals surface area contributed by atoms with Crippen molar-refractivity contribution < 1.29 is 29.7 Å². The molecule has 1 aromatic carbocycles. The number of aromatic carboxylic acids is 1. The van der Waals surface area contributed by atoms with Gasteiger partial charge in [-0.15, -0.1) is 0 Å². The highest BCUT2D eigenvalue weighted by Gasteiger charge is 1.96. The third-order valence-corrected chi connectivity index (χ3v) is 1.56. The highest BCUT2D eigenvalue weighted by atomic mass is 16.4. The molecule has 3 N–H and O–H groups in total. The van der Waals surface area contributed by atoms with E-state index in [1.54, 1.807) is 42.5 Å². The Hall–Kier alpha value is -2.89. The second kappa shape index (κ2) is 13.5. The van der Waals surface area contributed by atoms with Gasteiger partial charge in [0.05, 0.1) is 5.56 Å². The van der Waals surface area contributed by atoms with Crippen LogP contribution >= 0.6 is 0 Å². The van der Waals surface area contributed by atoms with Crippen LogP contribution in [-0.2, 0) is 9.59 Å². The molecule has 0 radical (unpaired) electrons. The zero-order chi connectivity index (χ0) is 16.7. The fourth-order valence-electron chi connectivity index (χ4n) is 0.830. The van der Waals surface area contributed by atoms with Crippen LogP contribution in [0, 0.1) is 0 Å². The third kappa shape index (κ3) is 19.6. The molecular formula is C15H18O6. The van der Waals surface area contributed by atoms with E-state index < -0.39 is 17.9 Å². The lowest BCUT2D eigenvalue weighted by Crippen LogP contribution is -1.93. The molecular weight excluding hydrogens is 276 g/mol. The molecule has 6 nitrogen and oxygen atoms in total. The van der Waals surface area contributed by atoms with Gasteiger partial charge in [0, 0.05) is 13.0 Å². The molecule has 0 saturated carbocycles. The lowest BCUT2D eigenvalue weighted by molar-refractivity contribution is -0.134. The van der Waals surface area contributed by atoms with Crippen molar-refractivity contribution in [1.82, 2.24) is 0 Å². The third-order valence-electron chi connectivity index (χ3n) is 1.56. The molecule has 0 bridgehead atoms. The van der Waals surface area contributed by atoms with Crippen LogP contribution in [0.4, 0.5) is 0 Å². The summed E-state index contributed by atoms with van der Waals surface area (Å²) in [5.74, 6) is -2.63. The highest BCUT2D eigenvalue weighted by molar-refractivity contribution is 5.87. The van der Waals surface area contributed by atoms with Crippen LogP contribution in [0.5, 0.6) is 0 Å². The van der Waals surface area contributed by atoms with E-state index in [1.807, 2.05) is 6.92 Å². The van der Waals surface area contributed by atoms with Gasteiger partial charge in [-0.2, -0.15) is 0 Å². The monoisotopic (exact) mass is 294 g/mol. The topological polar surface area (TPSA) is 112 Å². The number of carboxylic acids is 3. The van der Waals surface area contributed by atoms with E-state index in [4.69, 9.17) is 20.1 Å². The molecule has 6 heteroatoms. The van der Waals surface area contributed by atoms with Gasteiger partial charge >= 0.3 is 11.9 Å². The Balaban J connectivity index is 0. The minimum atomic E-state index is -0.914. The summed E-state index contributed by atoms with van der Waals surface area (Å²) in [6.45, 7) is 2.91. The molecule has 0 fully saturated rings. The standard InChI is InChI=1S/C7H6O2.C6H8O2.C2H4O2/c8-7(9)6-4-2-1-3-5-6;1-2-3-4-5-6(7)8;1-2(3)4/h1-5H,(H,8,9);2-5H,1H3,(H,7,8);1H3,(H,3,4). The Kier molecular flexibility index (Phi) is 13.2. The first-order valence-corrected chi connectivity index (χ1v) is 5.81. The zero-order valence-corrected chi connectivity index (χ0v) is 11.8. The molecule has 0 aliphatic rings. The van der Waals surface area contributed by atoms with Gasteiger partial charge in [0.2, 0.25) is 0 Å². The SMILES string of the molecule is CC(=O)O.CC=CC=CC(=O)O.O=C(O)c1ccccc1. The maximum absolute atomic E-state index is 10.2. The molecule has 0 aromatic heterocycles. The summed E-state index contributed by atoms with van der Waals surface area (Å²) in [6.07, 6.45) is 5.98. The Labute approximate surface area is 122 Å². The lowest BCUT2D eigenvalue weighted by Gasteiger charge is -1.88. The molecule has 0 saturated heterocycles. The zero-order valence-electron chi connectivity index (χ0n) is 11.8. The van der Waals surface area contributed by atoms with Crippen LogP contribution < -0.4 is 0 Å². The summed E-state index contributed by atoms with van der Waals surface area (Å²) in [4.78, 5) is 29.0. The summed E-state index contributed by atoms with van der Waals surface area (Å²) < 4.78 is 0. The van der Waals surface area contributed by atoms with Crippen molar-refractivity contribution in [2.24, 2.45) is 0 Å². The molecule has 0 atom stereocenters. The fourth-order valence-corrected chi connectivity index (χ4v) is 0.830. The highest BCUT2D eigenvalue weighted by Crippen LogP contribution is 1.96. The maximum Gasteiger partial charge on any atom is 0.335 e. The number of rotatable bonds is 3. The van der Waals surface area contributed by atoms with Crippen molar-refractivity contribution in [1.29, 1.82) is 0 Å². The van der Waals surface area contributed by atoms with Crippen molar-refractivity contribution in [2.45, 2.75) is 13.8 Å². The summed E-state index contributed by atoms with van der Waals surface area (Å²) in [5.41, 5.74) is 0.331. The Morgan fingerprint density at radius 1 is 0.952 bits per heavy atom. The first-order valence-electron chi connectivity index (χ1n) is 5.81. The van der Waals surface area contributed by atoms with E-state index in [0.29, 0.717) is 5.56 Å². The molecule has 114 valence electrons. The molecule has 0 aliphatic carbocycles. The number of hydrogen-bond acceptors (Lipinski definition) is 3. The number of benzene rings is 1. The first-order chi connectivity index (χ1) is 9.81. The maximum atomic E-state index is 10.2. The minimum absolute atomic E-state index is 0.331. The number of carbonyl (C=O) groups is 3. The predicted molar refractivity (Wildman–Crippen MR) is 78.3 cm³/mol. The van der Waals surface area contributed by atoms with Gasteiger partial charge in [-0.3, -0.25) is 4.79 Å². The van der Waals surface area contributed by atoms with E-state index in [9.17, 15) is 9.59 Å². The fraction of sp³-hybridized carbons (Fsp3) is 0.133. The van der Waals surface area contributed by atoms with Crippen LogP contribution in [0.3, 0.4) is 0 Å². The van der Waals surface area contributed by atoms with Gasteiger partial charge in [-0.05, 0) is 19.1 Å². The van der Waals surface area contributed by atoms with E-state index in [1.165, 1.54) is 6.08 Å². The van der Waals surface area contributed by atoms with Crippen molar-refractivity contribution in [2.75, 3.05) is 0 Å². The summed E-state index contributed by atoms with van der Waals surface area (Å²) in [6, 6.07) is 8.30. The van der Waals surface area contributed by atoms with Crippen LogP contribution in [0.15, 0.2) is 54.6 Å². The molecule has 0 spiro atoms. The normalized spacial score (nSPS) is 9.24. The summed E-state index contributed by atoms with van der Waals surface area (Å²) in [7, 11) is 0. The Morgan fingerprint density at radius 2 is 1.43 bits per heavy atom. The minimum Gasteiger partial charge on any atom is -0.481 e. The van der Waals surface area contributed by atoms with Gasteiger partial charge in [0.15, 0.2) is 0 Å². The molecule has 1 rings (SSSR count). The van der Waals surface area contributed by atoms with Gasteiger partial charge in [0.25, 0.3) is 5.97 Å². The smallest absolute Gasteiger partial charge is 0.335 e.